The van der Waals surface area contributed by atoms with E-state index in [1.807, 2.05) is 50.0 Å². The molecule has 1 aromatic carbocycles. The Morgan fingerprint density at radius 1 is 1.00 bits per heavy atom. The topological polar surface area (TPSA) is 20.2 Å². The number of benzene rings is 1. The van der Waals surface area contributed by atoms with Crippen LogP contribution < -0.4 is 0 Å². The molecule has 0 aliphatic carbocycles. The second kappa shape index (κ2) is 10.7. The van der Waals surface area contributed by atoms with E-state index in [9.17, 15) is 0 Å². The third-order valence-electron chi connectivity index (χ3n) is 0.607. The van der Waals surface area contributed by atoms with Crippen LogP contribution in [0, 0.1) is 6.07 Å². The summed E-state index contributed by atoms with van der Waals surface area (Å²) < 4.78 is 0. The molecule has 1 nitrogen and oxygen atoms in total. The van der Waals surface area contributed by atoms with E-state index in [2.05, 4.69) is 6.07 Å². The second-order valence-electron chi connectivity index (χ2n) is 3.25. The fourth-order valence-corrected chi connectivity index (χ4v) is 0.342. The van der Waals surface area contributed by atoms with Gasteiger partial charge in [-0.3, -0.25) is 0 Å². The first-order valence-corrected chi connectivity index (χ1v) is 7.08. The van der Waals surface area contributed by atoms with Crippen LogP contribution in [-0.2, 0) is 0 Å². The molecule has 0 unspecified atom stereocenters. The van der Waals surface area contributed by atoms with Crippen molar-refractivity contribution in [2.24, 2.45) is 0 Å². The molecule has 0 fully saturated rings. The van der Waals surface area contributed by atoms with Crippen LogP contribution in [0.15, 0.2) is 30.3 Å². The van der Waals surface area contributed by atoms with Crippen molar-refractivity contribution >= 4 is 48.4 Å². The van der Waals surface area contributed by atoms with Gasteiger partial charge < -0.3 is 4.80 Å². The summed E-state index contributed by atoms with van der Waals surface area (Å²) in [6.45, 7) is 5.65. The Bertz CT molecular complexity index is 144. The minimum Gasteiger partial charge on any atom is -0.433 e. The molecule has 0 aliphatic rings. The molecule has 0 heterocycles. The molecule has 0 amide bonds. The fraction of sp³-hybridized carbons (Fsp3) is 0.333. The molecule has 0 aliphatic heterocycles. The van der Waals surface area contributed by atoms with Gasteiger partial charge in [-0.15, -0.1) is 17.0 Å². The predicted octanol–water partition coefficient (Wildman–Crippen LogP) is 2.50. The zero-order chi connectivity index (χ0) is 8.74. The fourth-order valence-electron chi connectivity index (χ4n) is 0.342. The van der Waals surface area contributed by atoms with Gasteiger partial charge in [0.15, 0.2) is 8.32 Å². The van der Waals surface area contributed by atoms with Crippen LogP contribution in [0.4, 0.5) is 0 Å². The van der Waals surface area contributed by atoms with Gasteiger partial charge in [0.2, 0.25) is 0 Å². The van der Waals surface area contributed by atoms with Gasteiger partial charge in [0.25, 0.3) is 0 Å². The Labute approximate surface area is 109 Å². The Balaban J connectivity index is -0.000000136. The first-order chi connectivity index (χ1) is 5.00. The van der Waals surface area contributed by atoms with E-state index < -0.39 is 8.32 Å². The maximum atomic E-state index is 8.66. The molecule has 4 heteroatoms. The number of rotatable bonds is 0. The van der Waals surface area contributed by atoms with Crippen LogP contribution in [0.5, 0.6) is 0 Å². The van der Waals surface area contributed by atoms with Crippen LogP contribution in [0.25, 0.3) is 0 Å². The van der Waals surface area contributed by atoms with Gasteiger partial charge in [-0.1, -0.05) is 0 Å². The van der Waals surface area contributed by atoms with Gasteiger partial charge in [0, 0.05) is 0 Å². The van der Waals surface area contributed by atoms with Crippen LogP contribution in [0.2, 0.25) is 19.6 Å². The molecule has 1 aromatic rings. The van der Waals surface area contributed by atoms with Crippen LogP contribution in [0.1, 0.15) is 0 Å². The Morgan fingerprint density at radius 3 is 1.38 bits per heavy atom. The summed E-state index contributed by atoms with van der Waals surface area (Å²) in [4.78, 5) is 8.66. The average Bonchev–Trinajstić information content (AvgIpc) is 1.88. The molecule has 0 radical (unpaired) electrons. The summed E-state index contributed by atoms with van der Waals surface area (Å²) >= 11 is 0. The van der Waals surface area contributed by atoms with E-state index in [1.165, 1.54) is 0 Å². The summed E-state index contributed by atoms with van der Waals surface area (Å²) in [6, 6.07) is 12.5. The van der Waals surface area contributed by atoms with Crippen molar-refractivity contribution in [2.75, 3.05) is 0 Å². The standard InChI is InChI=1S/C6H5.C3H10OSi.BrH.Mg/c1-2-4-6-5-3-1;1-5(2,3)4;;/h1-5H;4H,1-3H3;1H;/q-1;;;+2. The molecular weight excluding hydrogens is 256 g/mol. The zero-order valence-electron chi connectivity index (χ0n) is 8.45. The number of hydrogen-bond acceptors (Lipinski definition) is 1. The van der Waals surface area contributed by atoms with Gasteiger partial charge in [0.1, 0.15) is 0 Å². The second-order valence-corrected chi connectivity index (χ2v) is 7.59. The van der Waals surface area contributed by atoms with Crippen molar-refractivity contribution < 1.29 is 4.80 Å². The number of hydrogen-bond donors (Lipinski definition) is 1. The van der Waals surface area contributed by atoms with E-state index in [-0.39, 0.29) is 40.0 Å². The Hall–Kier alpha value is 0.643. The van der Waals surface area contributed by atoms with E-state index in [1.54, 1.807) is 0 Å². The van der Waals surface area contributed by atoms with Crippen molar-refractivity contribution in [3.63, 3.8) is 0 Å². The van der Waals surface area contributed by atoms with Gasteiger partial charge in [-0.2, -0.15) is 36.4 Å². The van der Waals surface area contributed by atoms with Crippen molar-refractivity contribution in [3.05, 3.63) is 36.4 Å². The maximum Gasteiger partial charge on any atom is 2.00 e. The maximum absolute atomic E-state index is 8.66. The van der Waals surface area contributed by atoms with Crippen molar-refractivity contribution in [3.8, 4) is 0 Å². The smallest absolute Gasteiger partial charge is 0.433 e. The van der Waals surface area contributed by atoms with Crippen molar-refractivity contribution in [2.45, 2.75) is 19.6 Å². The van der Waals surface area contributed by atoms with E-state index in [4.69, 9.17) is 4.80 Å². The molecule has 0 bridgehead atoms. The minimum absolute atomic E-state index is 0. The van der Waals surface area contributed by atoms with E-state index in [0.29, 0.717) is 0 Å². The van der Waals surface area contributed by atoms with Gasteiger partial charge in [0.05, 0.1) is 0 Å². The first-order valence-electron chi connectivity index (χ1n) is 3.63. The predicted molar refractivity (Wildman–Crippen MR) is 66.9 cm³/mol. The molecule has 1 rings (SSSR count). The number of halogens is 1. The van der Waals surface area contributed by atoms with Gasteiger partial charge in [-0.25, -0.2) is 0 Å². The monoisotopic (exact) mass is 271 g/mol. The molecule has 70 valence electrons. The van der Waals surface area contributed by atoms with E-state index in [0.717, 1.165) is 0 Å². The van der Waals surface area contributed by atoms with Crippen molar-refractivity contribution in [1.29, 1.82) is 0 Å². The largest absolute Gasteiger partial charge is 2.00 e. The first kappa shape index (κ1) is 19.3. The van der Waals surface area contributed by atoms with Gasteiger partial charge >= 0.3 is 23.1 Å². The van der Waals surface area contributed by atoms with Crippen molar-refractivity contribution in [1.82, 2.24) is 0 Å². The van der Waals surface area contributed by atoms with Gasteiger partial charge in [-0.05, 0) is 19.6 Å². The molecule has 0 spiro atoms. The SMILES string of the molecule is Br.C[Si](C)(C)O.[Mg+2].[c-]1ccccc1. The quantitative estimate of drug-likeness (QED) is 0.568. The zero-order valence-corrected chi connectivity index (χ0v) is 12.6. The third-order valence-corrected chi connectivity index (χ3v) is 0.607. The average molecular weight is 273 g/mol. The summed E-state index contributed by atoms with van der Waals surface area (Å²) in [7, 11) is -1.61. The van der Waals surface area contributed by atoms with Crippen LogP contribution >= 0.6 is 17.0 Å². The molecule has 13 heavy (non-hydrogen) atoms. The molecule has 0 saturated heterocycles. The normalized spacial score (nSPS) is 8.31. The molecule has 1 N–H and O–H groups in total. The summed E-state index contributed by atoms with van der Waals surface area (Å²) in [5.74, 6) is 0. The Morgan fingerprint density at radius 2 is 1.31 bits per heavy atom. The molecule has 0 saturated carbocycles. The third kappa shape index (κ3) is 32.5. The molecular formula is C9H16BrMgOSi+. The molecule has 0 atom stereocenters. The Kier molecular flexibility index (Phi) is 15.9. The molecule has 0 aromatic heterocycles. The summed E-state index contributed by atoms with van der Waals surface area (Å²) in [5.41, 5.74) is 0. The summed E-state index contributed by atoms with van der Waals surface area (Å²) in [5, 5.41) is 0. The minimum atomic E-state index is -1.61. The summed E-state index contributed by atoms with van der Waals surface area (Å²) in [6.07, 6.45) is 0. The van der Waals surface area contributed by atoms with E-state index >= 15 is 0 Å². The van der Waals surface area contributed by atoms with Crippen LogP contribution in [-0.4, -0.2) is 36.2 Å². The van der Waals surface area contributed by atoms with Crippen LogP contribution in [0.3, 0.4) is 0 Å².